The SMILES string of the molecule is CCNc1nc(-c2nccn2C)nc(C2CCCC2)c1Br. The van der Waals surface area contributed by atoms with Gasteiger partial charge >= 0.3 is 0 Å². The first kappa shape index (κ1) is 14.5. The van der Waals surface area contributed by atoms with E-state index in [2.05, 4.69) is 38.1 Å². The standard InChI is InChI=1S/C15H20BrN5/c1-3-17-13-11(16)12(10-6-4-5-7-10)19-14(20-13)15-18-8-9-21(15)2/h8-10H,3-7H2,1-2H3,(H,17,19,20). The van der Waals surface area contributed by atoms with Crippen molar-refractivity contribution in [2.24, 2.45) is 7.05 Å². The van der Waals surface area contributed by atoms with E-state index >= 15 is 0 Å². The lowest BCUT2D eigenvalue weighted by atomic mass is 10.0. The van der Waals surface area contributed by atoms with Crippen molar-refractivity contribution in [1.29, 1.82) is 0 Å². The lowest BCUT2D eigenvalue weighted by molar-refractivity contribution is 0.689. The molecule has 21 heavy (non-hydrogen) atoms. The van der Waals surface area contributed by atoms with Crippen molar-refractivity contribution < 1.29 is 0 Å². The summed E-state index contributed by atoms with van der Waals surface area (Å²) in [6, 6.07) is 0. The molecule has 1 fully saturated rings. The van der Waals surface area contributed by atoms with E-state index in [0.29, 0.717) is 11.7 Å². The summed E-state index contributed by atoms with van der Waals surface area (Å²) in [6.07, 6.45) is 8.69. The fraction of sp³-hybridized carbons (Fsp3) is 0.533. The van der Waals surface area contributed by atoms with Crippen LogP contribution in [0.15, 0.2) is 16.9 Å². The van der Waals surface area contributed by atoms with Crippen LogP contribution >= 0.6 is 15.9 Å². The zero-order valence-corrected chi connectivity index (χ0v) is 14.0. The highest BCUT2D eigenvalue weighted by Gasteiger charge is 2.24. The Morgan fingerprint density at radius 1 is 1.33 bits per heavy atom. The molecular weight excluding hydrogens is 330 g/mol. The first-order valence-corrected chi connectivity index (χ1v) is 8.29. The van der Waals surface area contributed by atoms with Crippen LogP contribution in [0, 0.1) is 0 Å². The predicted molar refractivity (Wildman–Crippen MR) is 87.3 cm³/mol. The Balaban J connectivity index is 2.10. The Kier molecular flexibility index (Phi) is 4.24. The third-order valence-corrected chi connectivity index (χ3v) is 4.77. The molecule has 2 aromatic heterocycles. The minimum absolute atomic E-state index is 0.527. The molecule has 0 unspecified atom stereocenters. The number of aryl methyl sites for hydroxylation is 1. The summed E-state index contributed by atoms with van der Waals surface area (Å²) in [4.78, 5) is 13.8. The molecule has 0 spiro atoms. The first-order chi connectivity index (χ1) is 10.2. The Hall–Kier alpha value is -1.43. The molecule has 5 nitrogen and oxygen atoms in total. The monoisotopic (exact) mass is 349 g/mol. The van der Waals surface area contributed by atoms with Gasteiger partial charge in [-0.3, -0.25) is 0 Å². The topological polar surface area (TPSA) is 55.6 Å². The molecular formula is C15H20BrN5. The number of hydrogen-bond acceptors (Lipinski definition) is 4. The minimum Gasteiger partial charge on any atom is -0.369 e. The molecule has 0 radical (unpaired) electrons. The van der Waals surface area contributed by atoms with E-state index in [1.807, 2.05) is 17.8 Å². The van der Waals surface area contributed by atoms with Crippen molar-refractivity contribution in [3.05, 3.63) is 22.6 Å². The molecule has 1 aliphatic carbocycles. The molecule has 0 aliphatic heterocycles. The maximum atomic E-state index is 4.82. The molecule has 1 aliphatic rings. The van der Waals surface area contributed by atoms with Gasteiger partial charge in [-0.15, -0.1) is 0 Å². The predicted octanol–water partition coefficient (Wildman–Crippen LogP) is 3.73. The van der Waals surface area contributed by atoms with Crippen LogP contribution in [0.4, 0.5) is 5.82 Å². The van der Waals surface area contributed by atoms with Crippen LogP contribution in [-0.4, -0.2) is 26.1 Å². The fourth-order valence-electron chi connectivity index (χ4n) is 2.90. The first-order valence-electron chi connectivity index (χ1n) is 7.49. The normalized spacial score (nSPS) is 15.6. The van der Waals surface area contributed by atoms with Crippen molar-refractivity contribution in [2.75, 3.05) is 11.9 Å². The van der Waals surface area contributed by atoms with Gasteiger partial charge in [-0.1, -0.05) is 12.8 Å². The van der Waals surface area contributed by atoms with Gasteiger partial charge in [0.2, 0.25) is 0 Å². The van der Waals surface area contributed by atoms with Gasteiger partial charge in [0, 0.05) is 31.9 Å². The third-order valence-electron chi connectivity index (χ3n) is 3.98. The molecule has 0 atom stereocenters. The largest absolute Gasteiger partial charge is 0.369 e. The quantitative estimate of drug-likeness (QED) is 0.913. The van der Waals surface area contributed by atoms with E-state index in [0.717, 1.165) is 28.4 Å². The van der Waals surface area contributed by atoms with E-state index in [-0.39, 0.29) is 0 Å². The van der Waals surface area contributed by atoms with Crippen molar-refractivity contribution in [3.8, 4) is 11.6 Å². The summed E-state index contributed by atoms with van der Waals surface area (Å²) in [5.74, 6) is 2.90. The summed E-state index contributed by atoms with van der Waals surface area (Å²) in [5.41, 5.74) is 1.12. The Morgan fingerprint density at radius 2 is 2.10 bits per heavy atom. The lowest BCUT2D eigenvalue weighted by Gasteiger charge is -2.16. The van der Waals surface area contributed by atoms with Crippen LogP contribution in [0.2, 0.25) is 0 Å². The van der Waals surface area contributed by atoms with Crippen molar-refractivity contribution >= 4 is 21.7 Å². The zero-order chi connectivity index (χ0) is 14.8. The van der Waals surface area contributed by atoms with E-state index in [1.54, 1.807) is 6.20 Å². The van der Waals surface area contributed by atoms with Crippen LogP contribution in [-0.2, 0) is 7.05 Å². The summed E-state index contributed by atoms with van der Waals surface area (Å²) in [6.45, 7) is 2.91. The Labute approximate surface area is 133 Å². The average molecular weight is 350 g/mol. The molecule has 112 valence electrons. The van der Waals surface area contributed by atoms with Crippen molar-refractivity contribution in [1.82, 2.24) is 19.5 Å². The zero-order valence-electron chi connectivity index (χ0n) is 12.4. The van der Waals surface area contributed by atoms with Gasteiger partial charge < -0.3 is 9.88 Å². The number of anilines is 1. The Morgan fingerprint density at radius 3 is 2.71 bits per heavy atom. The van der Waals surface area contributed by atoms with E-state index in [1.165, 1.54) is 25.7 Å². The lowest BCUT2D eigenvalue weighted by Crippen LogP contribution is -2.09. The highest BCUT2D eigenvalue weighted by atomic mass is 79.9. The highest BCUT2D eigenvalue weighted by molar-refractivity contribution is 9.10. The van der Waals surface area contributed by atoms with Gasteiger partial charge in [0.1, 0.15) is 5.82 Å². The fourth-order valence-corrected chi connectivity index (χ4v) is 3.54. The highest BCUT2D eigenvalue weighted by Crippen LogP contribution is 2.39. The van der Waals surface area contributed by atoms with Gasteiger partial charge in [-0.2, -0.15) is 0 Å². The molecule has 0 amide bonds. The van der Waals surface area contributed by atoms with Crippen LogP contribution in [0.5, 0.6) is 0 Å². The molecule has 0 bridgehead atoms. The second kappa shape index (κ2) is 6.13. The second-order valence-corrected chi connectivity index (χ2v) is 6.26. The second-order valence-electron chi connectivity index (χ2n) is 5.47. The van der Waals surface area contributed by atoms with Crippen LogP contribution < -0.4 is 5.32 Å². The summed E-state index contributed by atoms with van der Waals surface area (Å²) in [7, 11) is 1.97. The molecule has 0 saturated heterocycles. The summed E-state index contributed by atoms with van der Waals surface area (Å²) in [5, 5.41) is 3.33. The van der Waals surface area contributed by atoms with Gasteiger partial charge in [0.05, 0.1) is 10.2 Å². The molecule has 0 aromatic carbocycles. The summed E-state index contributed by atoms with van der Waals surface area (Å²) >= 11 is 3.69. The van der Waals surface area contributed by atoms with Crippen molar-refractivity contribution in [3.63, 3.8) is 0 Å². The number of hydrogen-bond donors (Lipinski definition) is 1. The summed E-state index contributed by atoms with van der Waals surface area (Å²) < 4.78 is 2.96. The van der Waals surface area contributed by atoms with Crippen LogP contribution in [0.25, 0.3) is 11.6 Å². The van der Waals surface area contributed by atoms with Crippen LogP contribution in [0.1, 0.15) is 44.2 Å². The van der Waals surface area contributed by atoms with Gasteiger partial charge in [0.15, 0.2) is 11.6 Å². The van der Waals surface area contributed by atoms with Gasteiger partial charge in [-0.05, 0) is 35.7 Å². The molecule has 2 heterocycles. The smallest absolute Gasteiger partial charge is 0.198 e. The molecule has 1 saturated carbocycles. The Bertz CT molecular complexity index is 631. The molecule has 6 heteroatoms. The third kappa shape index (κ3) is 2.81. The van der Waals surface area contributed by atoms with E-state index in [9.17, 15) is 0 Å². The van der Waals surface area contributed by atoms with Gasteiger partial charge in [-0.25, -0.2) is 15.0 Å². The molecule has 2 aromatic rings. The number of halogens is 1. The average Bonchev–Trinajstić information content (AvgIpc) is 3.13. The number of nitrogens with zero attached hydrogens (tertiary/aromatic N) is 4. The maximum absolute atomic E-state index is 4.82. The number of rotatable bonds is 4. The van der Waals surface area contributed by atoms with Gasteiger partial charge in [0.25, 0.3) is 0 Å². The molecule has 3 rings (SSSR count). The number of nitrogens with one attached hydrogen (secondary N) is 1. The number of aromatic nitrogens is 4. The maximum Gasteiger partial charge on any atom is 0.198 e. The minimum atomic E-state index is 0.527. The van der Waals surface area contributed by atoms with E-state index < -0.39 is 0 Å². The molecule has 1 N–H and O–H groups in total. The number of imidazole rings is 1. The van der Waals surface area contributed by atoms with Crippen LogP contribution in [0.3, 0.4) is 0 Å². The van der Waals surface area contributed by atoms with E-state index in [4.69, 9.17) is 4.98 Å². The van der Waals surface area contributed by atoms with Crippen molar-refractivity contribution in [2.45, 2.75) is 38.5 Å².